The Labute approximate surface area is 140 Å². The average Bonchev–Trinajstić information content (AvgIpc) is 3.07. The van der Waals surface area contributed by atoms with Crippen LogP contribution in [-0.2, 0) is 0 Å². The molecule has 6 heteroatoms. The second kappa shape index (κ2) is 7.57. The van der Waals surface area contributed by atoms with E-state index in [9.17, 15) is 4.79 Å². The molecule has 1 saturated heterocycles. The standard InChI is InChI=1S/C17H21N3O2S/c18-16(21)17-19-15(12-23-17)13-4-6-14(7-5-13)22-11-10-20-8-2-1-3-9-20/h4-7,12H,1-3,8-11H2,(H2,18,21). The molecule has 0 bridgehead atoms. The Morgan fingerprint density at radius 2 is 1.96 bits per heavy atom. The minimum absolute atomic E-state index is 0.335. The molecule has 0 unspecified atom stereocenters. The van der Waals surface area contributed by atoms with Crippen molar-refractivity contribution >= 4 is 17.2 Å². The number of piperidine rings is 1. The number of nitrogens with zero attached hydrogens (tertiary/aromatic N) is 2. The van der Waals surface area contributed by atoms with E-state index in [0.717, 1.165) is 23.6 Å². The molecule has 0 spiro atoms. The molecule has 1 aromatic heterocycles. The van der Waals surface area contributed by atoms with Crippen LogP contribution in [0.15, 0.2) is 29.6 Å². The number of amides is 1. The summed E-state index contributed by atoms with van der Waals surface area (Å²) in [5, 5.41) is 2.17. The smallest absolute Gasteiger partial charge is 0.277 e. The van der Waals surface area contributed by atoms with E-state index in [1.807, 2.05) is 29.6 Å². The minimum atomic E-state index is -0.487. The predicted molar refractivity (Wildman–Crippen MR) is 91.9 cm³/mol. The molecule has 1 fully saturated rings. The fraction of sp³-hybridized carbons (Fsp3) is 0.412. The molecule has 0 aliphatic carbocycles. The van der Waals surface area contributed by atoms with Crippen molar-refractivity contribution < 1.29 is 9.53 Å². The minimum Gasteiger partial charge on any atom is -0.492 e. The number of hydrogen-bond acceptors (Lipinski definition) is 5. The monoisotopic (exact) mass is 331 g/mol. The van der Waals surface area contributed by atoms with Gasteiger partial charge >= 0.3 is 0 Å². The van der Waals surface area contributed by atoms with Crippen LogP contribution in [0.5, 0.6) is 5.75 Å². The van der Waals surface area contributed by atoms with Crippen molar-refractivity contribution in [3.05, 3.63) is 34.7 Å². The van der Waals surface area contributed by atoms with Crippen LogP contribution in [0.2, 0.25) is 0 Å². The molecular weight excluding hydrogens is 310 g/mol. The van der Waals surface area contributed by atoms with Gasteiger partial charge in [0.1, 0.15) is 12.4 Å². The van der Waals surface area contributed by atoms with Gasteiger partial charge in [0.2, 0.25) is 0 Å². The van der Waals surface area contributed by atoms with Crippen molar-refractivity contribution in [1.82, 2.24) is 9.88 Å². The maximum atomic E-state index is 11.1. The van der Waals surface area contributed by atoms with Gasteiger partial charge in [0.05, 0.1) is 5.69 Å². The lowest BCUT2D eigenvalue weighted by Crippen LogP contribution is -2.33. The van der Waals surface area contributed by atoms with Gasteiger partial charge in [0, 0.05) is 17.5 Å². The van der Waals surface area contributed by atoms with E-state index < -0.39 is 5.91 Å². The van der Waals surface area contributed by atoms with Crippen molar-refractivity contribution in [3.63, 3.8) is 0 Å². The zero-order chi connectivity index (χ0) is 16.1. The van der Waals surface area contributed by atoms with Gasteiger partial charge in [-0.2, -0.15) is 0 Å². The summed E-state index contributed by atoms with van der Waals surface area (Å²) < 4.78 is 5.81. The second-order valence-corrected chi connectivity index (χ2v) is 6.54. The summed E-state index contributed by atoms with van der Waals surface area (Å²) in [7, 11) is 0. The summed E-state index contributed by atoms with van der Waals surface area (Å²) >= 11 is 1.26. The first-order valence-corrected chi connectivity index (χ1v) is 8.81. The third-order valence-corrected chi connectivity index (χ3v) is 4.85. The van der Waals surface area contributed by atoms with Gasteiger partial charge in [-0.1, -0.05) is 6.42 Å². The van der Waals surface area contributed by atoms with Gasteiger partial charge in [-0.15, -0.1) is 11.3 Å². The normalized spacial score (nSPS) is 15.5. The summed E-state index contributed by atoms with van der Waals surface area (Å²) in [6, 6.07) is 7.79. The average molecular weight is 331 g/mol. The number of thiazole rings is 1. The van der Waals surface area contributed by atoms with Gasteiger partial charge < -0.3 is 10.5 Å². The Kier molecular flexibility index (Phi) is 5.25. The first-order valence-electron chi connectivity index (χ1n) is 7.93. The highest BCUT2D eigenvalue weighted by atomic mass is 32.1. The van der Waals surface area contributed by atoms with Crippen molar-refractivity contribution in [2.45, 2.75) is 19.3 Å². The molecule has 5 nitrogen and oxygen atoms in total. The van der Waals surface area contributed by atoms with Gasteiger partial charge in [0.25, 0.3) is 5.91 Å². The first kappa shape index (κ1) is 16.0. The van der Waals surface area contributed by atoms with Crippen molar-refractivity contribution in [3.8, 4) is 17.0 Å². The summed E-state index contributed by atoms with van der Waals surface area (Å²) in [6.45, 7) is 4.07. The third kappa shape index (κ3) is 4.30. The van der Waals surface area contributed by atoms with Gasteiger partial charge in [-0.05, 0) is 50.2 Å². The quantitative estimate of drug-likeness (QED) is 0.884. The van der Waals surface area contributed by atoms with E-state index in [0.29, 0.717) is 11.6 Å². The molecule has 1 amide bonds. The van der Waals surface area contributed by atoms with E-state index >= 15 is 0 Å². The number of rotatable bonds is 6. The van der Waals surface area contributed by atoms with Gasteiger partial charge in [0.15, 0.2) is 5.01 Å². The maximum absolute atomic E-state index is 11.1. The van der Waals surface area contributed by atoms with E-state index in [-0.39, 0.29) is 0 Å². The zero-order valence-electron chi connectivity index (χ0n) is 13.0. The summed E-state index contributed by atoms with van der Waals surface area (Å²) in [5.41, 5.74) is 6.95. The number of nitrogens with two attached hydrogens (primary N) is 1. The number of carbonyl (C=O) groups is 1. The molecular formula is C17H21N3O2S. The fourth-order valence-electron chi connectivity index (χ4n) is 2.72. The highest BCUT2D eigenvalue weighted by Crippen LogP contribution is 2.24. The molecule has 2 heterocycles. The van der Waals surface area contributed by atoms with Crippen molar-refractivity contribution in [1.29, 1.82) is 0 Å². The molecule has 1 aliphatic heterocycles. The number of benzene rings is 1. The SMILES string of the molecule is NC(=O)c1nc(-c2ccc(OCCN3CCCCC3)cc2)cs1. The first-order chi connectivity index (χ1) is 11.2. The molecule has 2 N–H and O–H groups in total. The van der Waals surface area contributed by atoms with Crippen LogP contribution >= 0.6 is 11.3 Å². The summed E-state index contributed by atoms with van der Waals surface area (Å²) in [5.74, 6) is 0.370. The van der Waals surface area contributed by atoms with E-state index in [4.69, 9.17) is 10.5 Å². The number of carbonyl (C=O) groups excluding carboxylic acids is 1. The molecule has 2 aromatic rings. The number of likely N-dealkylation sites (tertiary alicyclic amines) is 1. The third-order valence-electron chi connectivity index (χ3n) is 3.99. The van der Waals surface area contributed by atoms with Crippen molar-refractivity contribution in [2.75, 3.05) is 26.2 Å². The predicted octanol–water partition coefficient (Wildman–Crippen LogP) is 2.77. The Bertz CT molecular complexity index is 648. The lowest BCUT2D eigenvalue weighted by molar-refractivity contribution is 0.1000. The number of hydrogen-bond donors (Lipinski definition) is 1. The molecule has 122 valence electrons. The number of primary amides is 1. The highest BCUT2D eigenvalue weighted by Gasteiger charge is 2.10. The largest absolute Gasteiger partial charge is 0.492 e. The van der Waals surface area contributed by atoms with Crippen LogP contribution in [0.4, 0.5) is 0 Å². The van der Waals surface area contributed by atoms with Crippen LogP contribution in [-0.4, -0.2) is 42.0 Å². The Morgan fingerprint density at radius 3 is 2.61 bits per heavy atom. The highest BCUT2D eigenvalue weighted by molar-refractivity contribution is 7.12. The molecule has 23 heavy (non-hydrogen) atoms. The van der Waals surface area contributed by atoms with Gasteiger partial charge in [-0.3, -0.25) is 9.69 Å². The van der Waals surface area contributed by atoms with Crippen LogP contribution in [0.1, 0.15) is 29.1 Å². The zero-order valence-corrected chi connectivity index (χ0v) is 13.8. The molecule has 0 atom stereocenters. The van der Waals surface area contributed by atoms with E-state index in [2.05, 4.69) is 9.88 Å². The van der Waals surface area contributed by atoms with Crippen molar-refractivity contribution in [2.24, 2.45) is 5.73 Å². The van der Waals surface area contributed by atoms with Crippen LogP contribution in [0.3, 0.4) is 0 Å². The van der Waals surface area contributed by atoms with Crippen LogP contribution < -0.4 is 10.5 Å². The Morgan fingerprint density at radius 1 is 1.22 bits per heavy atom. The van der Waals surface area contributed by atoms with Gasteiger partial charge in [-0.25, -0.2) is 4.98 Å². The molecule has 1 aliphatic rings. The van der Waals surface area contributed by atoms with E-state index in [1.54, 1.807) is 0 Å². The molecule has 0 saturated carbocycles. The molecule has 0 radical (unpaired) electrons. The lowest BCUT2D eigenvalue weighted by Gasteiger charge is -2.26. The Balaban J connectivity index is 1.53. The molecule has 3 rings (SSSR count). The summed E-state index contributed by atoms with van der Waals surface area (Å²) in [6.07, 6.45) is 3.96. The number of aromatic nitrogens is 1. The van der Waals surface area contributed by atoms with Crippen LogP contribution in [0, 0.1) is 0 Å². The Hall–Kier alpha value is -1.92. The maximum Gasteiger partial charge on any atom is 0.277 e. The van der Waals surface area contributed by atoms with E-state index in [1.165, 1.54) is 43.7 Å². The van der Waals surface area contributed by atoms with Crippen LogP contribution in [0.25, 0.3) is 11.3 Å². The lowest BCUT2D eigenvalue weighted by atomic mass is 10.1. The topological polar surface area (TPSA) is 68.5 Å². The number of ether oxygens (including phenoxy) is 1. The fourth-order valence-corrected chi connectivity index (χ4v) is 3.40. The summed E-state index contributed by atoms with van der Waals surface area (Å²) in [4.78, 5) is 17.8. The molecule has 1 aromatic carbocycles. The second-order valence-electron chi connectivity index (χ2n) is 5.68.